The summed E-state index contributed by atoms with van der Waals surface area (Å²) in [6, 6.07) is 2.42. The molecule has 17 heavy (non-hydrogen) atoms. The fourth-order valence-corrected chi connectivity index (χ4v) is 1.78. The first-order valence-corrected chi connectivity index (χ1v) is 5.80. The van der Waals surface area contributed by atoms with Gasteiger partial charge in [0.1, 0.15) is 5.56 Å². The molecule has 1 aromatic rings. The maximum Gasteiger partial charge on any atom is 0.339 e. The molecule has 0 aliphatic heterocycles. The molecule has 0 saturated heterocycles. The van der Waals surface area contributed by atoms with E-state index < -0.39 is 5.97 Å². The van der Waals surface area contributed by atoms with Crippen molar-refractivity contribution in [1.82, 2.24) is 9.88 Å². The van der Waals surface area contributed by atoms with Crippen LogP contribution >= 0.6 is 0 Å². The minimum atomic E-state index is -0.948. The predicted octanol–water partition coefficient (Wildman–Crippen LogP) is 1.29. The number of carboxylic acid groups (broad SMARTS) is 1. The molecule has 0 amide bonds. The molecule has 1 aromatic heterocycles. The van der Waals surface area contributed by atoms with E-state index in [1.165, 1.54) is 19.0 Å². The topological polar surface area (TPSA) is 65.5 Å². The molecular weight excluding hydrogens is 218 g/mol. The third kappa shape index (κ3) is 3.17. The maximum absolute atomic E-state index is 10.9. The summed E-state index contributed by atoms with van der Waals surface area (Å²) in [5.41, 5.74) is 0.860. The number of carboxylic acids is 1. The van der Waals surface area contributed by atoms with Gasteiger partial charge >= 0.3 is 5.97 Å². The molecule has 1 aliphatic carbocycles. The van der Waals surface area contributed by atoms with Crippen molar-refractivity contribution in [2.45, 2.75) is 18.9 Å². The fourth-order valence-electron chi connectivity index (χ4n) is 1.78. The van der Waals surface area contributed by atoms with E-state index in [1.807, 2.05) is 0 Å². The minimum Gasteiger partial charge on any atom is -0.478 e. The van der Waals surface area contributed by atoms with Crippen LogP contribution in [-0.4, -0.2) is 47.1 Å². The van der Waals surface area contributed by atoms with Crippen LogP contribution in [0.15, 0.2) is 18.5 Å². The Kier molecular flexibility index (Phi) is 3.58. The summed E-state index contributed by atoms with van der Waals surface area (Å²) in [5, 5.41) is 12.1. The molecule has 0 atom stereocenters. The minimum absolute atomic E-state index is 0.224. The summed E-state index contributed by atoms with van der Waals surface area (Å²) in [6.45, 7) is 1.67. The van der Waals surface area contributed by atoms with Crippen LogP contribution in [0.25, 0.3) is 0 Å². The number of rotatable bonds is 6. The highest BCUT2D eigenvalue weighted by Gasteiger charge is 2.25. The summed E-state index contributed by atoms with van der Waals surface area (Å²) in [4.78, 5) is 17.1. The summed E-state index contributed by atoms with van der Waals surface area (Å²) < 4.78 is 0. The van der Waals surface area contributed by atoms with Gasteiger partial charge in [0.15, 0.2) is 0 Å². The Morgan fingerprint density at radius 1 is 1.65 bits per heavy atom. The lowest BCUT2D eigenvalue weighted by Crippen LogP contribution is -2.27. The van der Waals surface area contributed by atoms with E-state index in [0.29, 0.717) is 5.69 Å². The van der Waals surface area contributed by atoms with Gasteiger partial charge in [-0.25, -0.2) is 4.79 Å². The molecule has 0 aromatic carbocycles. The van der Waals surface area contributed by atoms with Crippen LogP contribution in [0.5, 0.6) is 0 Å². The van der Waals surface area contributed by atoms with Crippen molar-refractivity contribution < 1.29 is 9.90 Å². The molecule has 0 spiro atoms. The standard InChI is InChI=1S/C12H17N3O2/c1-15(9-2-3-9)7-6-14-11-4-5-13-8-10(11)12(16)17/h4-5,8-9H,2-3,6-7H2,1H3,(H,13,14)(H,16,17). The quantitative estimate of drug-likeness (QED) is 0.777. The average molecular weight is 235 g/mol. The highest BCUT2D eigenvalue weighted by molar-refractivity contribution is 5.93. The van der Waals surface area contributed by atoms with Crippen LogP contribution in [0.4, 0.5) is 5.69 Å². The molecule has 1 fully saturated rings. The van der Waals surface area contributed by atoms with Gasteiger partial charge in [-0.05, 0) is 26.0 Å². The third-order valence-electron chi connectivity index (χ3n) is 3.00. The van der Waals surface area contributed by atoms with E-state index in [9.17, 15) is 4.79 Å². The Balaban J connectivity index is 1.87. The summed E-state index contributed by atoms with van der Waals surface area (Å²) in [6.07, 6.45) is 5.53. The van der Waals surface area contributed by atoms with Gasteiger partial charge in [-0.2, -0.15) is 0 Å². The molecule has 1 aliphatic rings. The number of anilines is 1. The number of carbonyl (C=O) groups is 1. The van der Waals surface area contributed by atoms with Gasteiger partial charge in [-0.3, -0.25) is 4.98 Å². The molecule has 0 bridgehead atoms. The van der Waals surface area contributed by atoms with Crippen LogP contribution in [0, 0.1) is 0 Å². The predicted molar refractivity (Wildman–Crippen MR) is 65.3 cm³/mol. The number of pyridine rings is 1. The van der Waals surface area contributed by atoms with E-state index in [-0.39, 0.29) is 5.56 Å². The second-order valence-corrected chi connectivity index (χ2v) is 4.36. The zero-order valence-corrected chi connectivity index (χ0v) is 9.89. The number of nitrogens with one attached hydrogen (secondary N) is 1. The highest BCUT2D eigenvalue weighted by atomic mass is 16.4. The Hall–Kier alpha value is -1.62. The van der Waals surface area contributed by atoms with Crippen molar-refractivity contribution >= 4 is 11.7 Å². The second kappa shape index (κ2) is 5.14. The van der Waals surface area contributed by atoms with E-state index in [2.05, 4.69) is 22.2 Å². The van der Waals surface area contributed by atoms with E-state index in [4.69, 9.17) is 5.11 Å². The SMILES string of the molecule is CN(CCNc1ccncc1C(=O)O)C1CC1. The lowest BCUT2D eigenvalue weighted by atomic mass is 10.2. The summed E-state index contributed by atoms with van der Waals surface area (Å²) >= 11 is 0. The van der Waals surface area contributed by atoms with Gasteiger partial charge < -0.3 is 15.3 Å². The highest BCUT2D eigenvalue weighted by Crippen LogP contribution is 2.24. The molecule has 5 heteroatoms. The van der Waals surface area contributed by atoms with E-state index >= 15 is 0 Å². The molecule has 1 saturated carbocycles. The Morgan fingerprint density at radius 2 is 2.41 bits per heavy atom. The van der Waals surface area contributed by atoms with E-state index in [1.54, 1.807) is 12.3 Å². The Labute approximate surface area is 100 Å². The lowest BCUT2D eigenvalue weighted by molar-refractivity contribution is 0.0697. The first-order valence-electron chi connectivity index (χ1n) is 5.80. The third-order valence-corrected chi connectivity index (χ3v) is 3.00. The largest absolute Gasteiger partial charge is 0.478 e. The number of aromatic nitrogens is 1. The van der Waals surface area contributed by atoms with Crippen molar-refractivity contribution in [2.24, 2.45) is 0 Å². The van der Waals surface area contributed by atoms with Crippen LogP contribution in [-0.2, 0) is 0 Å². The van der Waals surface area contributed by atoms with Crippen LogP contribution in [0.3, 0.4) is 0 Å². The zero-order valence-electron chi connectivity index (χ0n) is 9.89. The second-order valence-electron chi connectivity index (χ2n) is 4.36. The van der Waals surface area contributed by atoms with Gasteiger partial charge in [0, 0.05) is 31.5 Å². The fraction of sp³-hybridized carbons (Fsp3) is 0.500. The molecule has 92 valence electrons. The first-order chi connectivity index (χ1) is 8.18. The van der Waals surface area contributed by atoms with Gasteiger partial charge in [0.05, 0.1) is 5.69 Å². The molecule has 5 nitrogen and oxygen atoms in total. The maximum atomic E-state index is 10.9. The smallest absolute Gasteiger partial charge is 0.339 e. The van der Waals surface area contributed by atoms with Gasteiger partial charge in [0.2, 0.25) is 0 Å². The first kappa shape index (κ1) is 11.9. The number of likely N-dealkylation sites (N-methyl/N-ethyl adjacent to an activating group) is 1. The normalized spacial score (nSPS) is 14.9. The molecule has 0 unspecified atom stereocenters. The lowest BCUT2D eigenvalue weighted by Gasteiger charge is -2.16. The Morgan fingerprint density at radius 3 is 3.06 bits per heavy atom. The van der Waals surface area contributed by atoms with Crippen molar-refractivity contribution in [3.05, 3.63) is 24.0 Å². The number of nitrogens with zero attached hydrogens (tertiary/aromatic N) is 2. The number of aromatic carboxylic acids is 1. The van der Waals surface area contributed by atoms with Gasteiger partial charge in [-0.15, -0.1) is 0 Å². The molecule has 2 rings (SSSR count). The van der Waals surface area contributed by atoms with Crippen LogP contribution < -0.4 is 5.32 Å². The molecule has 1 heterocycles. The van der Waals surface area contributed by atoms with Crippen LogP contribution in [0.2, 0.25) is 0 Å². The molecule has 0 radical (unpaired) electrons. The average Bonchev–Trinajstić information content (AvgIpc) is 3.13. The van der Waals surface area contributed by atoms with Crippen molar-refractivity contribution in [3.8, 4) is 0 Å². The monoisotopic (exact) mass is 235 g/mol. The number of hydrogen-bond acceptors (Lipinski definition) is 4. The van der Waals surface area contributed by atoms with Gasteiger partial charge in [0.25, 0.3) is 0 Å². The van der Waals surface area contributed by atoms with Crippen molar-refractivity contribution in [2.75, 3.05) is 25.5 Å². The number of hydrogen-bond donors (Lipinski definition) is 2. The molecule has 2 N–H and O–H groups in total. The zero-order chi connectivity index (χ0) is 12.3. The van der Waals surface area contributed by atoms with Crippen LogP contribution in [0.1, 0.15) is 23.2 Å². The Bertz CT molecular complexity index is 404. The summed E-state index contributed by atoms with van der Waals surface area (Å²) in [7, 11) is 2.10. The summed E-state index contributed by atoms with van der Waals surface area (Å²) in [5.74, 6) is -0.948. The van der Waals surface area contributed by atoms with Crippen molar-refractivity contribution in [1.29, 1.82) is 0 Å². The van der Waals surface area contributed by atoms with Crippen molar-refractivity contribution in [3.63, 3.8) is 0 Å². The van der Waals surface area contributed by atoms with E-state index in [0.717, 1.165) is 19.1 Å². The van der Waals surface area contributed by atoms with Gasteiger partial charge in [-0.1, -0.05) is 0 Å². The molecular formula is C12H17N3O2.